The molecule has 3 aromatic rings. The highest BCUT2D eigenvalue weighted by Gasteiger charge is 2.23. The largest absolute Gasteiger partial charge is 0.306 e. The summed E-state index contributed by atoms with van der Waals surface area (Å²) in [4.78, 5) is 0. The molecule has 1 aliphatic rings. The number of aromatic nitrogens is 2. The van der Waals surface area contributed by atoms with Crippen LogP contribution in [0.5, 0.6) is 0 Å². The maximum absolute atomic E-state index is 9.05. The Kier molecular flexibility index (Phi) is 4.81. The van der Waals surface area contributed by atoms with E-state index in [4.69, 9.17) is 5.26 Å². The van der Waals surface area contributed by atoms with Crippen LogP contribution in [0, 0.1) is 11.3 Å². The smallest absolute Gasteiger partial charge is 0.0991 e. The number of nitrogens with one attached hydrogen (secondary N) is 1. The third kappa shape index (κ3) is 3.54. The van der Waals surface area contributed by atoms with Crippen molar-refractivity contribution in [2.45, 2.75) is 38.4 Å². The Morgan fingerprint density at radius 2 is 1.96 bits per heavy atom. The molecule has 1 aliphatic carbocycles. The molecular weight excluding hydrogens is 320 g/mol. The molecule has 1 unspecified atom stereocenters. The van der Waals surface area contributed by atoms with Gasteiger partial charge in [0.2, 0.25) is 0 Å². The minimum Gasteiger partial charge on any atom is -0.306 e. The lowest BCUT2D eigenvalue weighted by molar-refractivity contribution is 0.449. The predicted molar refractivity (Wildman–Crippen MR) is 101 cm³/mol. The molecule has 1 N–H and O–H groups in total. The van der Waals surface area contributed by atoms with Crippen molar-refractivity contribution in [3.05, 3.63) is 88.7 Å². The Morgan fingerprint density at radius 1 is 1.12 bits per heavy atom. The van der Waals surface area contributed by atoms with Crippen LogP contribution in [-0.2, 0) is 19.5 Å². The van der Waals surface area contributed by atoms with Gasteiger partial charge in [0.05, 0.1) is 24.4 Å². The molecular formula is C22H22N4. The van der Waals surface area contributed by atoms with Crippen LogP contribution in [0.4, 0.5) is 0 Å². The summed E-state index contributed by atoms with van der Waals surface area (Å²) >= 11 is 0. The molecule has 0 radical (unpaired) electrons. The van der Waals surface area contributed by atoms with E-state index >= 15 is 0 Å². The van der Waals surface area contributed by atoms with Crippen LogP contribution < -0.4 is 5.32 Å². The third-order valence-electron chi connectivity index (χ3n) is 5.05. The molecule has 1 aromatic heterocycles. The minimum absolute atomic E-state index is 0.328. The molecule has 4 heteroatoms. The van der Waals surface area contributed by atoms with E-state index < -0.39 is 0 Å². The quantitative estimate of drug-likeness (QED) is 0.763. The fraction of sp³-hybridized carbons (Fsp3) is 0.273. The van der Waals surface area contributed by atoms with Gasteiger partial charge in [-0.1, -0.05) is 42.5 Å². The first-order valence-electron chi connectivity index (χ1n) is 9.14. The fourth-order valence-electron chi connectivity index (χ4n) is 3.72. The van der Waals surface area contributed by atoms with Crippen LogP contribution in [0.3, 0.4) is 0 Å². The zero-order chi connectivity index (χ0) is 17.8. The van der Waals surface area contributed by atoms with E-state index in [2.05, 4.69) is 51.5 Å². The first-order valence-corrected chi connectivity index (χ1v) is 9.14. The van der Waals surface area contributed by atoms with E-state index in [0.717, 1.165) is 31.5 Å². The third-order valence-corrected chi connectivity index (χ3v) is 5.05. The average Bonchev–Trinajstić information content (AvgIpc) is 3.11. The highest BCUT2D eigenvalue weighted by Crippen LogP contribution is 2.30. The zero-order valence-corrected chi connectivity index (χ0v) is 14.7. The van der Waals surface area contributed by atoms with Crippen molar-refractivity contribution in [2.75, 3.05) is 0 Å². The fourth-order valence-corrected chi connectivity index (χ4v) is 3.72. The first kappa shape index (κ1) is 16.6. The second kappa shape index (κ2) is 7.55. The number of rotatable bonds is 5. The predicted octanol–water partition coefficient (Wildman–Crippen LogP) is 3.97. The lowest BCUT2D eigenvalue weighted by Gasteiger charge is -2.24. The minimum atomic E-state index is 0.328. The Bertz CT molecular complexity index is 921. The van der Waals surface area contributed by atoms with E-state index in [-0.39, 0.29) is 0 Å². The SMILES string of the molecule is N#Cc1cccc(CNC2CCCc3c2cnn3Cc2ccccc2)c1. The molecule has 0 spiro atoms. The van der Waals surface area contributed by atoms with Crippen LogP contribution in [0.25, 0.3) is 0 Å². The van der Waals surface area contributed by atoms with E-state index in [0.29, 0.717) is 11.6 Å². The Morgan fingerprint density at radius 3 is 2.81 bits per heavy atom. The number of fused-ring (bicyclic) bond motifs is 1. The van der Waals surface area contributed by atoms with Crippen molar-refractivity contribution in [2.24, 2.45) is 0 Å². The van der Waals surface area contributed by atoms with E-state index in [1.165, 1.54) is 23.2 Å². The monoisotopic (exact) mass is 342 g/mol. The van der Waals surface area contributed by atoms with E-state index in [1.54, 1.807) is 0 Å². The molecule has 26 heavy (non-hydrogen) atoms. The lowest BCUT2D eigenvalue weighted by Crippen LogP contribution is -2.25. The highest BCUT2D eigenvalue weighted by atomic mass is 15.3. The summed E-state index contributed by atoms with van der Waals surface area (Å²) in [5.74, 6) is 0. The highest BCUT2D eigenvalue weighted by molar-refractivity contribution is 5.33. The molecule has 0 bridgehead atoms. The average molecular weight is 342 g/mol. The van der Waals surface area contributed by atoms with Crippen molar-refractivity contribution in [1.29, 1.82) is 5.26 Å². The van der Waals surface area contributed by atoms with E-state index in [9.17, 15) is 0 Å². The molecule has 0 saturated heterocycles. The Hall–Kier alpha value is -2.90. The van der Waals surface area contributed by atoms with Crippen LogP contribution in [0.15, 0.2) is 60.8 Å². The van der Waals surface area contributed by atoms with Crippen molar-refractivity contribution < 1.29 is 0 Å². The summed E-state index contributed by atoms with van der Waals surface area (Å²) in [6, 6.07) is 20.8. The zero-order valence-electron chi connectivity index (χ0n) is 14.7. The number of hydrogen-bond acceptors (Lipinski definition) is 3. The topological polar surface area (TPSA) is 53.6 Å². The van der Waals surface area contributed by atoms with Crippen molar-refractivity contribution in [3.63, 3.8) is 0 Å². The summed E-state index contributed by atoms with van der Waals surface area (Å²) in [5, 5.41) is 17.4. The molecule has 1 atom stereocenters. The van der Waals surface area contributed by atoms with Gasteiger partial charge < -0.3 is 5.32 Å². The van der Waals surface area contributed by atoms with Crippen molar-refractivity contribution >= 4 is 0 Å². The maximum atomic E-state index is 9.05. The van der Waals surface area contributed by atoms with E-state index in [1.807, 2.05) is 30.5 Å². The number of nitrogens with zero attached hydrogens (tertiary/aromatic N) is 3. The number of hydrogen-bond donors (Lipinski definition) is 1. The maximum Gasteiger partial charge on any atom is 0.0991 e. The van der Waals surface area contributed by atoms with Crippen LogP contribution in [0.1, 0.15) is 46.8 Å². The molecule has 2 aromatic carbocycles. The van der Waals surface area contributed by atoms with Gasteiger partial charge in [-0.05, 0) is 42.5 Å². The summed E-state index contributed by atoms with van der Waals surface area (Å²) in [5.41, 5.74) is 5.81. The Labute approximate surface area is 154 Å². The standard InChI is InChI=1S/C22H22N4/c23-13-18-8-4-9-19(12-18)14-24-21-10-5-11-22-20(21)15-25-26(22)16-17-6-2-1-3-7-17/h1-4,6-9,12,15,21,24H,5,10-11,14,16H2. The number of nitriles is 1. The van der Waals surface area contributed by atoms with Gasteiger partial charge in [-0.2, -0.15) is 10.4 Å². The summed E-state index contributed by atoms with van der Waals surface area (Å²) < 4.78 is 2.15. The number of benzene rings is 2. The molecule has 0 aliphatic heterocycles. The summed E-state index contributed by atoms with van der Waals surface area (Å²) in [7, 11) is 0. The normalized spacial score (nSPS) is 16.0. The van der Waals surface area contributed by atoms with Crippen LogP contribution in [-0.4, -0.2) is 9.78 Å². The van der Waals surface area contributed by atoms with Gasteiger partial charge in [-0.3, -0.25) is 4.68 Å². The lowest BCUT2D eigenvalue weighted by atomic mass is 9.92. The molecule has 0 saturated carbocycles. The van der Waals surface area contributed by atoms with Crippen LogP contribution >= 0.6 is 0 Å². The molecule has 4 nitrogen and oxygen atoms in total. The molecule has 0 fully saturated rings. The first-order chi connectivity index (χ1) is 12.8. The van der Waals surface area contributed by atoms with Gasteiger partial charge in [-0.25, -0.2) is 0 Å². The molecule has 0 amide bonds. The van der Waals surface area contributed by atoms with Crippen molar-refractivity contribution in [1.82, 2.24) is 15.1 Å². The summed E-state index contributed by atoms with van der Waals surface area (Å²) in [6.45, 7) is 1.59. The molecule has 130 valence electrons. The molecule has 1 heterocycles. The van der Waals surface area contributed by atoms with Crippen molar-refractivity contribution in [3.8, 4) is 6.07 Å². The van der Waals surface area contributed by atoms with Gasteiger partial charge in [-0.15, -0.1) is 0 Å². The second-order valence-electron chi connectivity index (χ2n) is 6.83. The van der Waals surface area contributed by atoms with Crippen LogP contribution in [0.2, 0.25) is 0 Å². The van der Waals surface area contributed by atoms with Gasteiger partial charge in [0.1, 0.15) is 0 Å². The van der Waals surface area contributed by atoms with Gasteiger partial charge in [0.25, 0.3) is 0 Å². The summed E-state index contributed by atoms with van der Waals surface area (Å²) in [6.07, 6.45) is 5.41. The second-order valence-corrected chi connectivity index (χ2v) is 6.83. The molecule has 4 rings (SSSR count). The van der Waals surface area contributed by atoms with Gasteiger partial charge >= 0.3 is 0 Å². The van der Waals surface area contributed by atoms with Gasteiger partial charge in [0.15, 0.2) is 0 Å². The van der Waals surface area contributed by atoms with Gasteiger partial charge in [0, 0.05) is 23.8 Å². The Balaban J connectivity index is 1.48.